The van der Waals surface area contributed by atoms with Crippen molar-refractivity contribution in [3.63, 3.8) is 0 Å². The van der Waals surface area contributed by atoms with Crippen LogP contribution in [-0.4, -0.2) is 0 Å². The summed E-state index contributed by atoms with van der Waals surface area (Å²) in [6.07, 6.45) is 0. The molecule has 10 aromatic carbocycles. The lowest BCUT2D eigenvalue weighted by molar-refractivity contribution is 0.669. The Bertz CT molecular complexity index is 4220. The van der Waals surface area contributed by atoms with Crippen molar-refractivity contribution in [1.29, 1.82) is 0 Å². The molecule has 0 radical (unpaired) electrons. The maximum absolute atomic E-state index is 9.83. The summed E-state index contributed by atoms with van der Waals surface area (Å²) in [5.74, 6) is 0. The number of rotatable bonds is 4. The maximum atomic E-state index is 9.83. The number of furan rings is 1. The largest absolute Gasteiger partial charge is 0.456 e. The minimum absolute atomic E-state index is 0.112. The lowest BCUT2D eigenvalue weighted by Gasteiger charge is -2.18. The minimum Gasteiger partial charge on any atom is -0.456 e. The summed E-state index contributed by atoms with van der Waals surface area (Å²) in [4.78, 5) is 0. The quantitative estimate of drug-likeness (QED) is 0.167. The molecule has 0 saturated heterocycles. The molecule has 0 N–H and O–H groups in total. The Labute approximate surface area is 333 Å². The van der Waals surface area contributed by atoms with Crippen LogP contribution in [0.2, 0.25) is 0 Å². The normalized spacial score (nSPS) is 16.8. The Balaban J connectivity index is 1.26. The molecular formula is C52H32O. The third kappa shape index (κ3) is 4.79. The highest BCUT2D eigenvalue weighted by atomic mass is 16.3. The van der Waals surface area contributed by atoms with Gasteiger partial charge in [-0.3, -0.25) is 0 Å². The van der Waals surface area contributed by atoms with Gasteiger partial charge in [-0.2, -0.15) is 0 Å². The maximum Gasteiger partial charge on any atom is 0.136 e. The van der Waals surface area contributed by atoms with Crippen molar-refractivity contribution in [3.05, 3.63) is 194 Å². The minimum atomic E-state index is -0.871. The van der Waals surface area contributed by atoms with Crippen LogP contribution >= 0.6 is 0 Å². The van der Waals surface area contributed by atoms with Crippen molar-refractivity contribution in [1.82, 2.24) is 0 Å². The molecule has 1 heterocycles. The molecule has 53 heavy (non-hydrogen) atoms. The molecule has 11 rings (SSSR count). The summed E-state index contributed by atoms with van der Waals surface area (Å²) < 4.78 is 180. The first-order chi connectivity index (χ1) is 34.2. The molecule has 0 fully saturated rings. The Kier molecular flexibility index (Phi) is 3.69. The molecule has 0 unspecified atom stereocenters. The Hall–Kier alpha value is -6.96. The third-order valence-corrected chi connectivity index (χ3v) is 9.60. The van der Waals surface area contributed by atoms with E-state index in [1.165, 1.54) is 0 Å². The van der Waals surface area contributed by atoms with Gasteiger partial charge in [0.25, 0.3) is 0 Å². The predicted molar refractivity (Wildman–Crippen MR) is 225 cm³/mol. The van der Waals surface area contributed by atoms with Gasteiger partial charge in [0.2, 0.25) is 0 Å². The number of hydrogen-bond acceptors (Lipinski definition) is 1. The van der Waals surface area contributed by atoms with Crippen LogP contribution in [0.4, 0.5) is 0 Å². The molecule has 1 aromatic heterocycles. The average Bonchev–Trinajstić information content (AvgIpc) is 3.76. The molecule has 246 valence electrons. The zero-order valence-electron chi connectivity index (χ0n) is 46.4. The van der Waals surface area contributed by atoms with Gasteiger partial charge in [0, 0.05) is 10.8 Å². The molecule has 0 saturated carbocycles. The highest BCUT2D eigenvalue weighted by Gasteiger charge is 2.18. The molecule has 1 heteroatoms. The van der Waals surface area contributed by atoms with Crippen LogP contribution < -0.4 is 0 Å². The van der Waals surface area contributed by atoms with E-state index in [1.807, 2.05) is 54.6 Å². The Morgan fingerprint density at radius 2 is 0.962 bits per heavy atom. The first-order valence-electron chi connectivity index (χ1n) is 26.2. The summed E-state index contributed by atoms with van der Waals surface area (Å²) in [6, 6.07) is 9.48. The van der Waals surface area contributed by atoms with Gasteiger partial charge in [-0.1, -0.05) is 157 Å². The molecule has 0 atom stereocenters. The zero-order valence-corrected chi connectivity index (χ0v) is 27.4. The van der Waals surface area contributed by atoms with Crippen LogP contribution in [0.25, 0.3) is 110 Å². The van der Waals surface area contributed by atoms with Gasteiger partial charge in [-0.05, 0) is 124 Å². The fourth-order valence-electron chi connectivity index (χ4n) is 7.22. The molecule has 0 aliphatic carbocycles. The second kappa shape index (κ2) is 11.8. The number of benzene rings is 10. The standard InChI is InChI=1S/C52H32O/c1-2-12-34(13-3-1)50-43-15-6-8-17-45(43)51(46-18-9-7-16-44(46)50)41-26-24-37-30-40(25-23-38(37)31-41)42-19-10-20-49-52(42)47-32-39(27-28-48(47)53-49)36-22-21-33-11-4-5-14-35(33)29-36/h1-32H/i1D,2D,3D,6D,7D,8D,9D,12D,13D,15D,16D,17D,18D,23D,24D,25D,26D,30D,31D. The average molecular weight is 692 g/mol. The molecule has 11 aromatic rings. The van der Waals surface area contributed by atoms with Gasteiger partial charge in [0.15, 0.2) is 0 Å². The van der Waals surface area contributed by atoms with E-state index >= 15 is 0 Å². The molecule has 0 amide bonds. The molecule has 0 aliphatic rings. The van der Waals surface area contributed by atoms with Crippen LogP contribution in [0.5, 0.6) is 0 Å². The van der Waals surface area contributed by atoms with E-state index in [0.29, 0.717) is 27.5 Å². The number of hydrogen-bond donors (Lipinski definition) is 0. The summed E-state index contributed by atoms with van der Waals surface area (Å²) in [5.41, 5.74) is 0.395. The van der Waals surface area contributed by atoms with Crippen molar-refractivity contribution < 1.29 is 30.5 Å². The van der Waals surface area contributed by atoms with E-state index in [-0.39, 0.29) is 10.9 Å². The SMILES string of the molecule is [2H]c1c([2H])c([2H])c(-c2c3c([2H])c([2H])c([2H])c([2H])c3c(-c3c([2H])c([2H])c4c([2H])c(-c5cccc6oc7ccc(-c8ccc9ccccc9c8)cc7c56)c([2H])c([2H])c4c3[2H])c3c([2H])c([2H])c([2H])c([2H])c23)c([2H])c1[2H]. The van der Waals surface area contributed by atoms with Gasteiger partial charge in [0.05, 0.1) is 26.0 Å². The fraction of sp³-hybridized carbons (Fsp3) is 0. The molecular weight excluding hydrogens is 641 g/mol. The first kappa shape index (κ1) is 16.6. The highest BCUT2D eigenvalue weighted by Crippen LogP contribution is 2.45. The van der Waals surface area contributed by atoms with Gasteiger partial charge in [-0.25, -0.2) is 0 Å². The summed E-state index contributed by atoms with van der Waals surface area (Å²) in [7, 11) is 0. The van der Waals surface area contributed by atoms with Crippen LogP contribution in [0, 0.1) is 0 Å². The van der Waals surface area contributed by atoms with E-state index in [1.54, 1.807) is 18.2 Å². The Morgan fingerprint density at radius 3 is 1.70 bits per heavy atom. The van der Waals surface area contributed by atoms with Gasteiger partial charge in [0.1, 0.15) is 11.2 Å². The van der Waals surface area contributed by atoms with Crippen LogP contribution in [0.15, 0.2) is 198 Å². The third-order valence-electron chi connectivity index (χ3n) is 9.60. The lowest BCUT2D eigenvalue weighted by Crippen LogP contribution is -1.90. The fourth-order valence-corrected chi connectivity index (χ4v) is 7.22. The van der Waals surface area contributed by atoms with Crippen molar-refractivity contribution in [2.24, 2.45) is 0 Å². The Morgan fingerprint density at radius 1 is 0.358 bits per heavy atom. The summed E-state index contributed by atoms with van der Waals surface area (Å²) in [5, 5.41) is 0.0258. The summed E-state index contributed by atoms with van der Waals surface area (Å²) in [6.45, 7) is 0. The number of fused-ring (bicyclic) bond motifs is 7. The molecule has 1 nitrogen and oxygen atoms in total. The van der Waals surface area contributed by atoms with Crippen molar-refractivity contribution >= 4 is 65.0 Å². The predicted octanol–water partition coefficient (Wildman–Crippen LogP) is 14.9. The zero-order chi connectivity index (χ0) is 51.4. The first-order valence-corrected chi connectivity index (χ1v) is 16.7. The second-order valence-corrected chi connectivity index (χ2v) is 12.6. The monoisotopic (exact) mass is 691 g/mol. The van der Waals surface area contributed by atoms with E-state index < -0.39 is 164 Å². The lowest BCUT2D eigenvalue weighted by atomic mass is 9.85. The van der Waals surface area contributed by atoms with Crippen molar-refractivity contribution in [2.75, 3.05) is 0 Å². The molecule has 0 aliphatic heterocycles. The smallest absolute Gasteiger partial charge is 0.136 e. The molecule has 0 spiro atoms. The van der Waals surface area contributed by atoms with Crippen molar-refractivity contribution in [3.8, 4) is 44.5 Å². The van der Waals surface area contributed by atoms with E-state index in [2.05, 4.69) is 6.07 Å². The van der Waals surface area contributed by atoms with E-state index in [9.17, 15) is 13.7 Å². The van der Waals surface area contributed by atoms with Crippen LogP contribution in [0.3, 0.4) is 0 Å². The topological polar surface area (TPSA) is 13.1 Å². The second-order valence-electron chi connectivity index (χ2n) is 12.6. The van der Waals surface area contributed by atoms with Crippen LogP contribution in [-0.2, 0) is 0 Å². The molecule has 0 bridgehead atoms. The van der Waals surface area contributed by atoms with Gasteiger partial charge in [-0.15, -0.1) is 0 Å². The van der Waals surface area contributed by atoms with Crippen LogP contribution in [0.1, 0.15) is 26.0 Å². The van der Waals surface area contributed by atoms with Gasteiger partial charge < -0.3 is 4.42 Å². The summed E-state index contributed by atoms with van der Waals surface area (Å²) >= 11 is 0. The van der Waals surface area contributed by atoms with E-state index in [0.717, 1.165) is 21.9 Å². The van der Waals surface area contributed by atoms with Gasteiger partial charge >= 0.3 is 0 Å². The van der Waals surface area contributed by atoms with Crippen molar-refractivity contribution in [2.45, 2.75) is 0 Å². The highest BCUT2D eigenvalue weighted by molar-refractivity contribution is 6.22. The van der Waals surface area contributed by atoms with E-state index in [4.69, 9.17) is 16.8 Å².